The van der Waals surface area contributed by atoms with E-state index in [0.29, 0.717) is 25.4 Å². The minimum absolute atomic E-state index is 0.0542. The van der Waals surface area contributed by atoms with Crippen LogP contribution in [0.4, 0.5) is 0 Å². The Kier molecular flexibility index (Phi) is 4.42. The topological polar surface area (TPSA) is 66.6 Å². The second kappa shape index (κ2) is 5.79. The molecule has 1 aromatic rings. The Morgan fingerprint density at radius 3 is 2.76 bits per heavy atom. The summed E-state index contributed by atoms with van der Waals surface area (Å²) >= 11 is 0. The lowest BCUT2D eigenvalue weighted by Crippen LogP contribution is -2.47. The Hall–Kier alpha value is -1.36. The van der Waals surface area contributed by atoms with Gasteiger partial charge in [-0.15, -0.1) is 0 Å². The molecular weight excluding hydrogens is 268 g/mol. The summed E-state index contributed by atoms with van der Waals surface area (Å²) < 4.78 is 5.81. The highest BCUT2D eigenvalue weighted by Crippen LogP contribution is 2.34. The van der Waals surface area contributed by atoms with Gasteiger partial charge in [0.2, 0.25) is 5.89 Å². The van der Waals surface area contributed by atoms with E-state index in [1.54, 1.807) is 6.20 Å². The zero-order chi connectivity index (χ0) is 15.7. The summed E-state index contributed by atoms with van der Waals surface area (Å²) in [6, 6.07) is 0. The summed E-state index contributed by atoms with van der Waals surface area (Å²) in [7, 11) is 0. The van der Waals surface area contributed by atoms with Crippen molar-refractivity contribution in [2.45, 2.75) is 58.9 Å². The number of hydrogen-bond acceptors (Lipinski definition) is 4. The Morgan fingerprint density at radius 1 is 1.52 bits per heavy atom. The van der Waals surface area contributed by atoms with Crippen molar-refractivity contribution >= 4 is 5.97 Å². The van der Waals surface area contributed by atoms with E-state index < -0.39 is 11.4 Å². The van der Waals surface area contributed by atoms with Crippen LogP contribution in [-0.4, -0.2) is 34.0 Å². The average Bonchev–Trinajstić information content (AvgIpc) is 2.87. The predicted octanol–water partition coefficient (Wildman–Crippen LogP) is 3.05. The minimum Gasteiger partial charge on any atom is -0.481 e. The summed E-state index contributed by atoms with van der Waals surface area (Å²) in [5, 5.41) is 9.52. The van der Waals surface area contributed by atoms with E-state index in [2.05, 4.69) is 30.7 Å². The standard InChI is InChI=1S/C16H26N2O3/c1-5-16(14(19)20)7-6-8-18(11-16)10-13-17-9-12(21-13)15(2,3)4/h9H,5-8,10-11H2,1-4H3,(H,19,20). The van der Waals surface area contributed by atoms with E-state index in [-0.39, 0.29) is 5.41 Å². The number of carbonyl (C=O) groups is 1. The lowest BCUT2D eigenvalue weighted by molar-refractivity contribution is -0.153. The molecular formula is C16H26N2O3. The summed E-state index contributed by atoms with van der Waals surface area (Å²) in [6.45, 7) is 10.3. The van der Waals surface area contributed by atoms with Gasteiger partial charge < -0.3 is 9.52 Å². The highest BCUT2D eigenvalue weighted by Gasteiger charge is 2.41. The molecule has 0 bridgehead atoms. The van der Waals surface area contributed by atoms with Crippen molar-refractivity contribution in [3.05, 3.63) is 17.8 Å². The first-order valence-corrected chi connectivity index (χ1v) is 7.68. The molecule has 5 nitrogen and oxygen atoms in total. The van der Waals surface area contributed by atoms with Gasteiger partial charge in [-0.05, 0) is 25.8 Å². The Balaban J connectivity index is 2.06. The fourth-order valence-corrected chi connectivity index (χ4v) is 2.90. The van der Waals surface area contributed by atoms with Gasteiger partial charge >= 0.3 is 5.97 Å². The second-order valence-corrected chi connectivity index (χ2v) is 7.12. The van der Waals surface area contributed by atoms with E-state index in [1.165, 1.54) is 0 Å². The molecule has 1 atom stereocenters. The highest BCUT2D eigenvalue weighted by molar-refractivity contribution is 5.75. The number of rotatable bonds is 4. The van der Waals surface area contributed by atoms with Crippen LogP contribution >= 0.6 is 0 Å². The molecule has 1 aliphatic rings. The van der Waals surface area contributed by atoms with Crippen LogP contribution in [-0.2, 0) is 16.8 Å². The molecule has 1 aliphatic heterocycles. The van der Waals surface area contributed by atoms with Crippen LogP contribution in [0.5, 0.6) is 0 Å². The first kappa shape index (κ1) is 16.0. The van der Waals surface area contributed by atoms with Gasteiger partial charge in [-0.2, -0.15) is 0 Å². The summed E-state index contributed by atoms with van der Waals surface area (Å²) in [4.78, 5) is 18.1. The molecule has 1 fully saturated rings. The quantitative estimate of drug-likeness (QED) is 0.924. The molecule has 118 valence electrons. The number of hydrogen-bond donors (Lipinski definition) is 1. The molecule has 1 unspecified atom stereocenters. The van der Waals surface area contributed by atoms with Crippen LogP contribution in [0.3, 0.4) is 0 Å². The van der Waals surface area contributed by atoms with Gasteiger partial charge in [0.1, 0.15) is 5.76 Å². The summed E-state index contributed by atoms with van der Waals surface area (Å²) in [5.74, 6) is 0.865. The van der Waals surface area contributed by atoms with Crippen molar-refractivity contribution in [1.29, 1.82) is 0 Å². The average molecular weight is 294 g/mol. The van der Waals surface area contributed by atoms with Crippen molar-refractivity contribution in [3.8, 4) is 0 Å². The van der Waals surface area contributed by atoms with E-state index in [0.717, 1.165) is 25.1 Å². The SMILES string of the molecule is CCC1(C(=O)O)CCCN(Cc2ncc(C(C)(C)C)o2)C1. The second-order valence-electron chi connectivity index (χ2n) is 7.12. The third kappa shape index (κ3) is 3.46. The van der Waals surface area contributed by atoms with Gasteiger partial charge in [-0.1, -0.05) is 27.7 Å². The molecule has 0 amide bonds. The Bertz CT molecular complexity index is 504. The maximum absolute atomic E-state index is 11.6. The molecule has 5 heteroatoms. The molecule has 2 heterocycles. The van der Waals surface area contributed by atoms with E-state index in [1.807, 2.05) is 6.92 Å². The molecule has 0 saturated carbocycles. The van der Waals surface area contributed by atoms with Crippen LogP contribution in [0, 0.1) is 5.41 Å². The Morgan fingerprint density at radius 2 is 2.24 bits per heavy atom. The van der Waals surface area contributed by atoms with Crippen LogP contribution in [0.2, 0.25) is 0 Å². The maximum Gasteiger partial charge on any atom is 0.310 e. The molecule has 1 saturated heterocycles. The fourth-order valence-electron chi connectivity index (χ4n) is 2.90. The number of likely N-dealkylation sites (tertiary alicyclic amines) is 1. The summed E-state index contributed by atoms with van der Waals surface area (Å²) in [6.07, 6.45) is 4.11. The first-order valence-electron chi connectivity index (χ1n) is 7.68. The van der Waals surface area contributed by atoms with Gasteiger partial charge in [0.05, 0.1) is 18.2 Å². The van der Waals surface area contributed by atoms with E-state index in [9.17, 15) is 9.90 Å². The molecule has 0 spiro atoms. The number of aliphatic carboxylic acids is 1. The predicted molar refractivity (Wildman–Crippen MR) is 80.1 cm³/mol. The lowest BCUT2D eigenvalue weighted by atomic mass is 9.77. The van der Waals surface area contributed by atoms with Crippen LogP contribution in [0.15, 0.2) is 10.6 Å². The van der Waals surface area contributed by atoms with E-state index in [4.69, 9.17) is 4.42 Å². The van der Waals surface area contributed by atoms with Gasteiger partial charge in [-0.25, -0.2) is 4.98 Å². The largest absolute Gasteiger partial charge is 0.481 e. The highest BCUT2D eigenvalue weighted by atomic mass is 16.4. The normalized spacial score (nSPS) is 24.2. The van der Waals surface area contributed by atoms with Crippen LogP contribution in [0.1, 0.15) is 58.6 Å². The minimum atomic E-state index is -0.683. The van der Waals surface area contributed by atoms with Crippen molar-refractivity contribution in [2.75, 3.05) is 13.1 Å². The van der Waals surface area contributed by atoms with Gasteiger partial charge in [0, 0.05) is 12.0 Å². The third-order valence-corrected chi connectivity index (χ3v) is 4.44. The number of carboxylic acids is 1. The zero-order valence-electron chi connectivity index (χ0n) is 13.5. The van der Waals surface area contributed by atoms with Gasteiger partial charge in [0.25, 0.3) is 0 Å². The number of aromatic nitrogens is 1. The van der Waals surface area contributed by atoms with Crippen molar-refractivity contribution in [3.63, 3.8) is 0 Å². The lowest BCUT2D eigenvalue weighted by Gasteiger charge is -2.38. The van der Waals surface area contributed by atoms with Crippen molar-refractivity contribution in [2.24, 2.45) is 5.41 Å². The molecule has 21 heavy (non-hydrogen) atoms. The third-order valence-electron chi connectivity index (χ3n) is 4.44. The summed E-state index contributed by atoms with van der Waals surface area (Å²) in [5.41, 5.74) is -0.668. The molecule has 2 rings (SSSR count). The molecule has 0 radical (unpaired) electrons. The van der Waals surface area contributed by atoms with Crippen molar-refractivity contribution < 1.29 is 14.3 Å². The maximum atomic E-state index is 11.6. The molecule has 1 aromatic heterocycles. The number of piperidine rings is 1. The number of carboxylic acid groups (broad SMARTS) is 1. The van der Waals surface area contributed by atoms with Gasteiger partial charge in [0.15, 0.2) is 0 Å². The zero-order valence-corrected chi connectivity index (χ0v) is 13.5. The fraction of sp³-hybridized carbons (Fsp3) is 0.750. The first-order chi connectivity index (χ1) is 9.77. The van der Waals surface area contributed by atoms with Gasteiger partial charge in [-0.3, -0.25) is 9.69 Å². The van der Waals surface area contributed by atoms with E-state index >= 15 is 0 Å². The molecule has 1 N–H and O–H groups in total. The van der Waals surface area contributed by atoms with Crippen LogP contribution < -0.4 is 0 Å². The Labute approximate surface area is 126 Å². The number of oxazole rings is 1. The molecule has 0 aromatic carbocycles. The number of nitrogens with zero attached hydrogens (tertiary/aromatic N) is 2. The van der Waals surface area contributed by atoms with Crippen molar-refractivity contribution in [1.82, 2.24) is 9.88 Å². The molecule has 0 aliphatic carbocycles. The monoisotopic (exact) mass is 294 g/mol. The smallest absolute Gasteiger partial charge is 0.310 e. The van der Waals surface area contributed by atoms with Crippen LogP contribution in [0.25, 0.3) is 0 Å².